The van der Waals surface area contributed by atoms with Gasteiger partial charge in [-0.25, -0.2) is 0 Å². The molecule has 0 amide bonds. The molecule has 3 aliphatic heterocycles. The van der Waals surface area contributed by atoms with Gasteiger partial charge in [0.1, 0.15) is 73.2 Å². The van der Waals surface area contributed by atoms with Crippen LogP contribution in [0.3, 0.4) is 0 Å². The van der Waals surface area contributed by atoms with Crippen molar-refractivity contribution in [2.75, 3.05) is 26.4 Å². The molecule has 0 saturated carbocycles. The van der Waals surface area contributed by atoms with E-state index in [1.165, 1.54) is 0 Å². The number of aliphatic hydroxyl groups excluding tert-OH is 10. The van der Waals surface area contributed by atoms with Gasteiger partial charge in [-0.05, 0) is 6.42 Å². The summed E-state index contributed by atoms with van der Waals surface area (Å²) in [6.07, 6.45) is -16.1. The lowest BCUT2D eigenvalue weighted by Gasteiger charge is -2.28. The van der Waals surface area contributed by atoms with E-state index in [2.05, 4.69) is 6.92 Å². The highest BCUT2D eigenvalue weighted by Crippen LogP contribution is 2.31. The average molecular weight is 617 g/mol. The lowest BCUT2D eigenvalue weighted by Crippen LogP contribution is -2.46. The topological polar surface area (TPSA) is 258 Å². The first-order valence-electron chi connectivity index (χ1n) is 14.6. The van der Waals surface area contributed by atoms with E-state index in [-0.39, 0.29) is 0 Å². The summed E-state index contributed by atoms with van der Waals surface area (Å²) in [4.78, 5) is 0. The molecule has 3 saturated heterocycles. The standard InChI is InChI=1S/C26H48O16/c1-2-3-4-5-6-7-8-37-24-19(35)17(33)23(42-24)14(10-28)39-26-20(36)16(32)22(41-26)13(30)11-38-25-18(34)15(31)21(40-25)12(29)9-27/h12-36H,2-11H2,1H3/t12-,13-,14-,15-,16-,17-,18-,19-,20-,21+,22+,23+,24-,25-,26-/m1/s1. The van der Waals surface area contributed by atoms with Crippen molar-refractivity contribution in [3.8, 4) is 0 Å². The highest BCUT2D eigenvalue weighted by Gasteiger charge is 2.52. The van der Waals surface area contributed by atoms with Crippen LogP contribution in [-0.4, -0.2) is 170 Å². The van der Waals surface area contributed by atoms with Crippen LogP contribution in [0.5, 0.6) is 0 Å². The van der Waals surface area contributed by atoms with Crippen molar-refractivity contribution in [3.63, 3.8) is 0 Å². The van der Waals surface area contributed by atoms with Crippen molar-refractivity contribution in [1.29, 1.82) is 0 Å². The smallest absolute Gasteiger partial charge is 0.187 e. The number of hydrogen-bond donors (Lipinski definition) is 10. The van der Waals surface area contributed by atoms with Gasteiger partial charge in [-0.1, -0.05) is 39.0 Å². The minimum absolute atomic E-state index is 0.292. The molecule has 15 atom stereocenters. The molecule has 0 aromatic carbocycles. The molecule has 0 aromatic rings. The molecule has 0 aromatic heterocycles. The fourth-order valence-electron chi connectivity index (χ4n) is 5.22. The van der Waals surface area contributed by atoms with Gasteiger partial charge >= 0.3 is 0 Å². The normalized spacial score (nSPS) is 40.9. The second kappa shape index (κ2) is 17.2. The zero-order valence-corrected chi connectivity index (χ0v) is 23.7. The molecule has 0 bridgehead atoms. The number of ether oxygens (including phenoxy) is 6. The third kappa shape index (κ3) is 8.75. The second-order valence-corrected chi connectivity index (χ2v) is 11.0. The van der Waals surface area contributed by atoms with Gasteiger partial charge in [-0.2, -0.15) is 0 Å². The molecule has 3 rings (SSSR count). The van der Waals surface area contributed by atoms with Crippen molar-refractivity contribution in [3.05, 3.63) is 0 Å². The van der Waals surface area contributed by atoms with Crippen LogP contribution in [0.4, 0.5) is 0 Å². The minimum Gasteiger partial charge on any atom is -0.394 e. The van der Waals surface area contributed by atoms with Crippen molar-refractivity contribution >= 4 is 0 Å². The number of rotatable bonds is 18. The number of hydrogen-bond acceptors (Lipinski definition) is 16. The summed E-state index contributed by atoms with van der Waals surface area (Å²) in [5.41, 5.74) is 0. The Morgan fingerprint density at radius 2 is 1.07 bits per heavy atom. The van der Waals surface area contributed by atoms with E-state index in [0.29, 0.717) is 6.61 Å². The van der Waals surface area contributed by atoms with Gasteiger partial charge in [0.2, 0.25) is 0 Å². The van der Waals surface area contributed by atoms with E-state index < -0.39 is 112 Å². The maximum Gasteiger partial charge on any atom is 0.187 e. The van der Waals surface area contributed by atoms with Gasteiger partial charge in [0, 0.05) is 6.61 Å². The zero-order valence-electron chi connectivity index (χ0n) is 23.7. The van der Waals surface area contributed by atoms with Gasteiger partial charge in [0.25, 0.3) is 0 Å². The van der Waals surface area contributed by atoms with Gasteiger partial charge in [-0.15, -0.1) is 0 Å². The molecule has 16 nitrogen and oxygen atoms in total. The Kier molecular flexibility index (Phi) is 14.6. The van der Waals surface area contributed by atoms with Crippen LogP contribution in [0.1, 0.15) is 45.4 Å². The SMILES string of the molecule is CCCCCCCCO[C@@H]1O[C@@H]([C@@H](CO)O[C@@H]2O[C@@H]([C@H](O)CO[C@@H]3O[C@@H]([C@H](O)CO)[C@H](O)[C@H]3O)[C@H](O)[C@H]2O)[C@H](O)[C@H]1O. The van der Waals surface area contributed by atoms with Crippen LogP contribution in [0.2, 0.25) is 0 Å². The van der Waals surface area contributed by atoms with Gasteiger partial charge in [-0.3, -0.25) is 0 Å². The van der Waals surface area contributed by atoms with Crippen LogP contribution >= 0.6 is 0 Å². The molecule has 0 radical (unpaired) electrons. The Morgan fingerprint density at radius 3 is 1.69 bits per heavy atom. The molecule has 16 heteroatoms. The summed E-state index contributed by atoms with van der Waals surface area (Å²) in [6.45, 7) is 0.339. The van der Waals surface area contributed by atoms with Crippen molar-refractivity contribution in [1.82, 2.24) is 0 Å². The summed E-state index contributed by atoms with van der Waals surface area (Å²) in [7, 11) is 0. The zero-order chi connectivity index (χ0) is 31.0. The summed E-state index contributed by atoms with van der Waals surface area (Å²) >= 11 is 0. The maximum absolute atomic E-state index is 10.5. The van der Waals surface area contributed by atoms with E-state index in [9.17, 15) is 46.0 Å². The highest BCUT2D eigenvalue weighted by molar-refractivity contribution is 4.95. The van der Waals surface area contributed by atoms with Crippen LogP contribution in [-0.2, 0) is 28.4 Å². The maximum atomic E-state index is 10.5. The van der Waals surface area contributed by atoms with Crippen molar-refractivity contribution < 1.29 is 79.5 Å². The monoisotopic (exact) mass is 616 g/mol. The molecule has 0 spiro atoms. The quantitative estimate of drug-likeness (QED) is 0.0655. The molecule has 3 aliphatic rings. The van der Waals surface area contributed by atoms with E-state index in [1.54, 1.807) is 0 Å². The first-order valence-corrected chi connectivity index (χ1v) is 14.6. The lowest BCUT2D eigenvalue weighted by molar-refractivity contribution is -0.247. The third-order valence-electron chi connectivity index (χ3n) is 7.78. The second-order valence-electron chi connectivity index (χ2n) is 11.0. The van der Waals surface area contributed by atoms with Gasteiger partial charge < -0.3 is 79.5 Å². The summed E-state index contributed by atoms with van der Waals surface area (Å²) in [5, 5.41) is 101. The highest BCUT2D eigenvalue weighted by atomic mass is 16.7. The predicted molar refractivity (Wildman–Crippen MR) is 138 cm³/mol. The molecular formula is C26H48O16. The molecular weight excluding hydrogens is 568 g/mol. The first-order chi connectivity index (χ1) is 20.0. The van der Waals surface area contributed by atoms with Crippen LogP contribution in [0.25, 0.3) is 0 Å². The molecule has 0 aliphatic carbocycles. The lowest BCUT2D eigenvalue weighted by atomic mass is 10.1. The first kappa shape index (κ1) is 35.8. The Morgan fingerprint density at radius 1 is 0.571 bits per heavy atom. The largest absolute Gasteiger partial charge is 0.394 e. The van der Waals surface area contributed by atoms with E-state index in [0.717, 1.165) is 38.5 Å². The molecule has 42 heavy (non-hydrogen) atoms. The molecule has 3 fully saturated rings. The number of unbranched alkanes of at least 4 members (excludes halogenated alkanes) is 5. The molecule has 248 valence electrons. The third-order valence-corrected chi connectivity index (χ3v) is 7.78. The van der Waals surface area contributed by atoms with Crippen molar-refractivity contribution in [2.45, 2.75) is 138 Å². The van der Waals surface area contributed by atoms with Crippen molar-refractivity contribution in [2.24, 2.45) is 0 Å². The summed E-state index contributed by atoms with van der Waals surface area (Å²) in [6, 6.07) is 0. The predicted octanol–water partition coefficient (Wildman–Crippen LogP) is -4.19. The van der Waals surface area contributed by atoms with Crippen LogP contribution in [0, 0.1) is 0 Å². The Hall–Kier alpha value is -0.640. The summed E-state index contributed by atoms with van der Waals surface area (Å²) in [5.74, 6) is 0. The fourth-order valence-corrected chi connectivity index (χ4v) is 5.22. The fraction of sp³-hybridized carbons (Fsp3) is 1.00. The molecule has 3 heterocycles. The van der Waals surface area contributed by atoms with Gasteiger partial charge in [0.05, 0.1) is 19.8 Å². The Labute approximate surface area is 243 Å². The van der Waals surface area contributed by atoms with E-state index in [4.69, 9.17) is 33.5 Å². The van der Waals surface area contributed by atoms with E-state index >= 15 is 0 Å². The minimum atomic E-state index is -1.71. The van der Waals surface area contributed by atoms with E-state index in [1.807, 2.05) is 0 Å². The Balaban J connectivity index is 1.48. The van der Waals surface area contributed by atoms with Crippen LogP contribution < -0.4 is 0 Å². The molecule has 0 unspecified atom stereocenters. The van der Waals surface area contributed by atoms with Crippen LogP contribution in [0.15, 0.2) is 0 Å². The number of aliphatic hydroxyl groups is 10. The Bertz CT molecular complexity index is 764. The summed E-state index contributed by atoms with van der Waals surface area (Å²) < 4.78 is 32.7. The molecule has 10 N–H and O–H groups in total. The average Bonchev–Trinajstić information content (AvgIpc) is 3.55. The van der Waals surface area contributed by atoms with Gasteiger partial charge in [0.15, 0.2) is 18.9 Å².